The van der Waals surface area contributed by atoms with Crippen LogP contribution in [0.3, 0.4) is 0 Å². The number of aliphatic hydroxyl groups is 4. The fourth-order valence-corrected chi connectivity index (χ4v) is 10.3. The first kappa shape index (κ1) is 43.5. The number of carbonyl (C=O) groups excluding carboxylic acids is 5. The lowest BCUT2D eigenvalue weighted by molar-refractivity contribution is -0.346. The molecule has 11 atom stereocenters. The van der Waals surface area contributed by atoms with E-state index in [0.29, 0.717) is 5.56 Å². The second kappa shape index (κ2) is 15.5. The van der Waals surface area contributed by atoms with Gasteiger partial charge in [-0.05, 0) is 42.7 Å². The van der Waals surface area contributed by atoms with Crippen LogP contribution in [-0.4, -0.2) is 109 Å². The Hall–Kier alpha value is -4.12. The fourth-order valence-electron chi connectivity index (χ4n) is 9.56. The van der Waals surface area contributed by atoms with E-state index in [4.69, 9.17) is 18.9 Å². The normalized spacial score (nSPS) is 33.8. The number of thioether (sulfide) groups is 1. The summed E-state index contributed by atoms with van der Waals surface area (Å²) in [6, 6.07) is 15.0. The Balaban J connectivity index is 1.49. The second-order valence-corrected chi connectivity index (χ2v) is 19.4. The number of aliphatic hydroxyl groups excluding tert-OH is 3. The maximum absolute atomic E-state index is 15.0. The summed E-state index contributed by atoms with van der Waals surface area (Å²) >= 11 is 0.967. The van der Waals surface area contributed by atoms with Gasteiger partial charge in [-0.3, -0.25) is 14.4 Å². The van der Waals surface area contributed by atoms with Gasteiger partial charge in [-0.25, -0.2) is 9.59 Å². The van der Waals surface area contributed by atoms with Crippen LogP contribution in [0.1, 0.15) is 90.2 Å². The summed E-state index contributed by atoms with van der Waals surface area (Å²) < 4.78 is 23.7. The van der Waals surface area contributed by atoms with Crippen molar-refractivity contribution < 1.29 is 63.3 Å². The highest BCUT2D eigenvalue weighted by atomic mass is 32.2. The molecule has 0 spiro atoms. The molecule has 3 aliphatic carbocycles. The molecule has 314 valence electrons. The van der Waals surface area contributed by atoms with Crippen LogP contribution in [0, 0.1) is 16.7 Å². The summed E-state index contributed by atoms with van der Waals surface area (Å²) in [6.45, 7) is 12.4. The number of hydrogen-bond acceptors (Lipinski definition) is 14. The number of amides is 1. The number of esters is 3. The van der Waals surface area contributed by atoms with E-state index in [2.05, 4.69) is 5.32 Å². The highest BCUT2D eigenvalue weighted by Crippen LogP contribution is 2.64. The Bertz CT molecular complexity index is 1980. The lowest BCUT2D eigenvalue weighted by Crippen LogP contribution is -2.81. The smallest absolute Gasteiger partial charge is 0.338 e. The van der Waals surface area contributed by atoms with E-state index in [1.165, 1.54) is 26.0 Å². The van der Waals surface area contributed by atoms with Crippen LogP contribution in [-0.2, 0) is 33.3 Å². The zero-order chi connectivity index (χ0) is 42.7. The number of fused-ring (bicyclic) bond motifs is 5. The average Bonchev–Trinajstić information content (AvgIpc) is 3.14. The van der Waals surface area contributed by atoms with Gasteiger partial charge in [0.2, 0.25) is 0 Å². The zero-order valence-electron chi connectivity index (χ0n) is 33.9. The third-order valence-corrected chi connectivity index (χ3v) is 13.5. The topological polar surface area (TPSA) is 215 Å². The molecule has 14 nitrogen and oxygen atoms in total. The van der Waals surface area contributed by atoms with Crippen LogP contribution < -0.4 is 5.32 Å². The minimum Gasteiger partial charge on any atom is -0.456 e. The van der Waals surface area contributed by atoms with Crippen molar-refractivity contribution in [3.8, 4) is 0 Å². The van der Waals surface area contributed by atoms with Crippen molar-refractivity contribution in [2.75, 3.05) is 6.61 Å². The number of nitrogens with one attached hydrogen (secondary N) is 1. The molecule has 0 unspecified atom stereocenters. The Morgan fingerprint density at radius 2 is 1.57 bits per heavy atom. The summed E-state index contributed by atoms with van der Waals surface area (Å²) in [5.41, 5.74) is -7.06. The molecule has 2 bridgehead atoms. The molecule has 2 aromatic carbocycles. The molecule has 4 aliphatic rings. The maximum atomic E-state index is 15.0. The first-order valence-electron chi connectivity index (χ1n) is 19.3. The van der Waals surface area contributed by atoms with Crippen LogP contribution in [0.25, 0.3) is 0 Å². The number of ketones is 1. The van der Waals surface area contributed by atoms with Crippen molar-refractivity contribution in [1.29, 1.82) is 0 Å². The van der Waals surface area contributed by atoms with Crippen molar-refractivity contribution in [1.82, 2.24) is 5.32 Å². The molecule has 3 fully saturated rings. The second-order valence-electron chi connectivity index (χ2n) is 17.6. The highest BCUT2D eigenvalue weighted by molar-refractivity contribution is 8.14. The van der Waals surface area contributed by atoms with Gasteiger partial charge in [-0.15, -0.1) is 0 Å². The fraction of sp³-hybridized carbons (Fsp3) is 0.558. The lowest BCUT2D eigenvalue weighted by atomic mass is 9.44. The molecular formula is C43H53NO13S. The average molecular weight is 824 g/mol. The van der Waals surface area contributed by atoms with Gasteiger partial charge in [0, 0.05) is 29.9 Å². The van der Waals surface area contributed by atoms with E-state index < -0.39 is 111 Å². The van der Waals surface area contributed by atoms with Crippen LogP contribution in [0.4, 0.5) is 4.79 Å². The highest BCUT2D eigenvalue weighted by Gasteiger charge is 2.78. The van der Waals surface area contributed by atoms with Gasteiger partial charge >= 0.3 is 17.9 Å². The van der Waals surface area contributed by atoms with E-state index in [0.717, 1.165) is 18.7 Å². The number of carbonyl (C=O) groups is 5. The molecule has 15 heteroatoms. The van der Waals surface area contributed by atoms with Gasteiger partial charge in [0.15, 0.2) is 17.5 Å². The number of benzene rings is 2. The molecule has 0 radical (unpaired) electrons. The molecule has 0 aromatic heterocycles. The molecule has 1 aliphatic heterocycles. The van der Waals surface area contributed by atoms with Crippen LogP contribution >= 0.6 is 11.8 Å². The maximum Gasteiger partial charge on any atom is 0.338 e. The van der Waals surface area contributed by atoms with Crippen molar-refractivity contribution >= 4 is 40.7 Å². The first-order valence-corrected chi connectivity index (χ1v) is 20.2. The summed E-state index contributed by atoms with van der Waals surface area (Å²) in [6.07, 6.45) is -10.4. The monoisotopic (exact) mass is 823 g/mol. The van der Waals surface area contributed by atoms with E-state index >= 15 is 0 Å². The Kier molecular flexibility index (Phi) is 11.6. The van der Waals surface area contributed by atoms with Gasteiger partial charge in [0.1, 0.15) is 30.0 Å². The minimum absolute atomic E-state index is 0.0471. The zero-order valence-corrected chi connectivity index (χ0v) is 34.7. The molecule has 58 heavy (non-hydrogen) atoms. The van der Waals surface area contributed by atoms with Crippen molar-refractivity contribution in [3.63, 3.8) is 0 Å². The number of Topliss-reactive ketones (excluding diaryl/α,β-unsaturated/α-hetero) is 1. The first-order chi connectivity index (χ1) is 27.0. The Morgan fingerprint density at radius 3 is 2.12 bits per heavy atom. The summed E-state index contributed by atoms with van der Waals surface area (Å²) in [4.78, 5) is 69.2. The molecule has 2 saturated carbocycles. The van der Waals surface area contributed by atoms with Crippen molar-refractivity contribution in [3.05, 3.63) is 82.9 Å². The number of rotatable bonds is 8. The van der Waals surface area contributed by atoms with E-state index in [9.17, 15) is 44.4 Å². The molecule has 2 aromatic rings. The van der Waals surface area contributed by atoms with Crippen LogP contribution in [0.15, 0.2) is 71.8 Å². The van der Waals surface area contributed by atoms with E-state index in [1.807, 2.05) is 20.8 Å². The van der Waals surface area contributed by atoms with Crippen LogP contribution in [0.2, 0.25) is 0 Å². The Labute approximate surface area is 341 Å². The summed E-state index contributed by atoms with van der Waals surface area (Å²) in [5.74, 6) is -5.28. The van der Waals surface area contributed by atoms with Crippen molar-refractivity contribution in [2.24, 2.45) is 16.7 Å². The van der Waals surface area contributed by atoms with Gasteiger partial charge in [0.05, 0.1) is 35.6 Å². The molecule has 1 amide bonds. The molecule has 6 rings (SSSR count). The lowest BCUT2D eigenvalue weighted by Gasteiger charge is -2.67. The third-order valence-electron chi connectivity index (χ3n) is 12.6. The molecule has 5 N–H and O–H groups in total. The predicted molar refractivity (Wildman–Crippen MR) is 210 cm³/mol. The van der Waals surface area contributed by atoms with Crippen LogP contribution in [0.5, 0.6) is 0 Å². The molecule has 1 heterocycles. The molecule has 1 saturated heterocycles. The van der Waals surface area contributed by atoms with Gasteiger partial charge in [0.25, 0.3) is 5.24 Å². The third kappa shape index (κ3) is 7.27. The van der Waals surface area contributed by atoms with E-state index in [1.54, 1.807) is 62.4 Å². The minimum atomic E-state index is -2.34. The van der Waals surface area contributed by atoms with Gasteiger partial charge in [-0.1, -0.05) is 94.9 Å². The van der Waals surface area contributed by atoms with Gasteiger partial charge in [-0.2, -0.15) is 0 Å². The summed E-state index contributed by atoms with van der Waals surface area (Å²) in [7, 11) is 0. The number of ether oxygens (including phenoxy) is 4. The predicted octanol–water partition coefficient (Wildman–Crippen LogP) is 3.98. The standard InChI is InChI=1S/C43H53NO13S/c1-22-26(55-37(51)32(48)30(24-15-11-9-12-16-24)44-38(52)58-39(3,4)5)20-43(53)35(56-36(50)25-17-13-10-14-18-25)33-41(8,34(49)31(47)29(22)40(43,6)7)27(46)19-28-42(33,21-54-28)57-23(2)45/h9-18,26-28,30-33,35,46-48,53H,19-21H2,1-8H3,(H,44,52)/t26-,27-,28+,30-,31+,32+,33-,35-,41+,42-,43+/m0/s1. The van der Waals surface area contributed by atoms with Gasteiger partial charge < -0.3 is 44.7 Å². The molecular weight excluding hydrogens is 771 g/mol. The largest absolute Gasteiger partial charge is 0.456 e. The SMILES string of the molecule is CC(=O)O[C@@]12CO[C@@H]1C[C@H](O)[C@@]1(C)C(=O)[C@H](O)C3=C(C)[C@@H](OC(=O)[C@H](O)[C@@H](NC(=O)SC(C)(C)C)c4ccccc4)C[C@@](O)([C@@H](OC(=O)c4ccccc4)[C@H]21)C3(C)C. The van der Waals surface area contributed by atoms with E-state index in [-0.39, 0.29) is 29.7 Å². The number of hydrogen-bond donors (Lipinski definition) is 5. The Morgan fingerprint density at radius 1 is 0.966 bits per heavy atom. The van der Waals surface area contributed by atoms with Crippen molar-refractivity contribution in [2.45, 2.75) is 127 Å². The summed E-state index contributed by atoms with van der Waals surface area (Å²) in [5, 5.41) is 51.3. The quantitative estimate of drug-likeness (QED) is 0.145.